The van der Waals surface area contributed by atoms with Crippen molar-refractivity contribution in [2.45, 2.75) is 38.5 Å². The highest BCUT2D eigenvalue weighted by molar-refractivity contribution is 5.24. The maximum atomic E-state index is 2.27. The van der Waals surface area contributed by atoms with Crippen LogP contribution in [0.4, 0.5) is 0 Å². The van der Waals surface area contributed by atoms with Gasteiger partial charge in [0.1, 0.15) is 0 Å². The van der Waals surface area contributed by atoms with Crippen molar-refractivity contribution in [3.05, 3.63) is 71.8 Å². The quantitative estimate of drug-likeness (QED) is 0.648. The van der Waals surface area contributed by atoms with Gasteiger partial charge in [0.2, 0.25) is 0 Å². The third-order valence-electron chi connectivity index (χ3n) is 3.50. The van der Waals surface area contributed by atoms with E-state index in [0.29, 0.717) is 5.92 Å². The SMILES string of the molecule is CCCC[C@@H](Cc1ccccc1)c1ccccc1. The van der Waals surface area contributed by atoms with Gasteiger partial charge in [-0.1, -0.05) is 80.4 Å². The molecular weight excluding hydrogens is 216 g/mol. The van der Waals surface area contributed by atoms with E-state index in [1.807, 2.05) is 0 Å². The highest BCUT2D eigenvalue weighted by Crippen LogP contribution is 2.26. The van der Waals surface area contributed by atoms with E-state index in [-0.39, 0.29) is 0 Å². The van der Waals surface area contributed by atoms with E-state index in [1.54, 1.807) is 0 Å². The van der Waals surface area contributed by atoms with Crippen LogP contribution in [-0.2, 0) is 6.42 Å². The number of unbranched alkanes of at least 4 members (excludes halogenated alkanes) is 1. The molecule has 0 bridgehead atoms. The summed E-state index contributed by atoms with van der Waals surface area (Å²) >= 11 is 0. The van der Waals surface area contributed by atoms with Crippen molar-refractivity contribution in [1.29, 1.82) is 0 Å². The first-order valence-electron chi connectivity index (χ1n) is 6.99. The van der Waals surface area contributed by atoms with Crippen molar-refractivity contribution < 1.29 is 0 Å². The average molecular weight is 238 g/mol. The summed E-state index contributed by atoms with van der Waals surface area (Å²) in [5, 5.41) is 0. The van der Waals surface area contributed by atoms with Gasteiger partial charge >= 0.3 is 0 Å². The lowest BCUT2D eigenvalue weighted by Crippen LogP contribution is -2.03. The zero-order valence-electron chi connectivity index (χ0n) is 11.2. The molecule has 0 N–H and O–H groups in total. The summed E-state index contributed by atoms with van der Waals surface area (Å²) in [6, 6.07) is 21.8. The predicted molar refractivity (Wildman–Crippen MR) is 78.9 cm³/mol. The fourth-order valence-corrected chi connectivity index (χ4v) is 2.46. The van der Waals surface area contributed by atoms with Crippen LogP contribution < -0.4 is 0 Å². The lowest BCUT2D eigenvalue weighted by atomic mass is 9.88. The van der Waals surface area contributed by atoms with E-state index >= 15 is 0 Å². The Morgan fingerprint density at radius 2 is 1.44 bits per heavy atom. The smallest absolute Gasteiger partial charge is 0.0121 e. The standard InChI is InChI=1S/C18H22/c1-2-3-12-18(17-13-8-5-9-14-17)15-16-10-6-4-7-11-16/h4-11,13-14,18H,2-3,12,15H2,1H3/t18-/m0/s1. The molecule has 0 saturated carbocycles. The molecule has 0 aliphatic rings. The summed E-state index contributed by atoms with van der Waals surface area (Å²) in [6.45, 7) is 2.27. The molecule has 0 heterocycles. The lowest BCUT2D eigenvalue weighted by molar-refractivity contribution is 0.581. The molecule has 0 radical (unpaired) electrons. The predicted octanol–water partition coefficient (Wildman–Crippen LogP) is 5.20. The molecule has 0 amide bonds. The first-order valence-corrected chi connectivity index (χ1v) is 6.99. The summed E-state index contributed by atoms with van der Waals surface area (Å²) in [5.74, 6) is 0.661. The largest absolute Gasteiger partial charge is 0.0654 e. The van der Waals surface area contributed by atoms with Gasteiger partial charge in [-0.2, -0.15) is 0 Å². The van der Waals surface area contributed by atoms with Crippen LogP contribution >= 0.6 is 0 Å². The Bertz CT molecular complexity index is 430. The second-order valence-corrected chi connectivity index (χ2v) is 4.94. The van der Waals surface area contributed by atoms with Gasteiger partial charge in [-0.3, -0.25) is 0 Å². The minimum atomic E-state index is 0.661. The van der Waals surface area contributed by atoms with Crippen molar-refractivity contribution in [2.24, 2.45) is 0 Å². The molecule has 0 unspecified atom stereocenters. The Morgan fingerprint density at radius 3 is 2.06 bits per heavy atom. The molecule has 2 rings (SSSR count). The van der Waals surface area contributed by atoms with Crippen molar-refractivity contribution in [3.8, 4) is 0 Å². The maximum absolute atomic E-state index is 2.27. The second kappa shape index (κ2) is 7.00. The molecule has 0 spiro atoms. The first kappa shape index (κ1) is 12.9. The molecule has 0 aromatic heterocycles. The normalized spacial score (nSPS) is 12.3. The van der Waals surface area contributed by atoms with Crippen LogP contribution in [0.25, 0.3) is 0 Å². The van der Waals surface area contributed by atoms with E-state index in [1.165, 1.54) is 30.4 Å². The Labute approximate surface area is 111 Å². The summed E-state index contributed by atoms with van der Waals surface area (Å²) in [4.78, 5) is 0. The number of benzene rings is 2. The Balaban J connectivity index is 2.10. The molecule has 2 aromatic carbocycles. The van der Waals surface area contributed by atoms with Crippen LogP contribution in [0.2, 0.25) is 0 Å². The van der Waals surface area contributed by atoms with E-state index in [0.717, 1.165) is 6.42 Å². The van der Waals surface area contributed by atoms with Gasteiger partial charge in [-0.05, 0) is 29.9 Å². The van der Waals surface area contributed by atoms with Crippen molar-refractivity contribution in [1.82, 2.24) is 0 Å². The summed E-state index contributed by atoms with van der Waals surface area (Å²) in [5.41, 5.74) is 2.93. The van der Waals surface area contributed by atoms with Gasteiger partial charge in [0.15, 0.2) is 0 Å². The third-order valence-corrected chi connectivity index (χ3v) is 3.50. The van der Waals surface area contributed by atoms with Gasteiger partial charge in [-0.15, -0.1) is 0 Å². The minimum Gasteiger partial charge on any atom is -0.0654 e. The van der Waals surface area contributed by atoms with Crippen LogP contribution in [0, 0.1) is 0 Å². The molecule has 94 valence electrons. The van der Waals surface area contributed by atoms with Crippen LogP contribution in [0.3, 0.4) is 0 Å². The van der Waals surface area contributed by atoms with E-state index in [4.69, 9.17) is 0 Å². The molecule has 0 saturated heterocycles. The van der Waals surface area contributed by atoms with E-state index < -0.39 is 0 Å². The van der Waals surface area contributed by atoms with Crippen LogP contribution in [0.5, 0.6) is 0 Å². The zero-order valence-corrected chi connectivity index (χ0v) is 11.2. The van der Waals surface area contributed by atoms with E-state index in [9.17, 15) is 0 Å². The maximum Gasteiger partial charge on any atom is -0.0121 e. The van der Waals surface area contributed by atoms with Crippen molar-refractivity contribution in [2.75, 3.05) is 0 Å². The molecule has 2 aromatic rings. The molecule has 18 heavy (non-hydrogen) atoms. The fraction of sp³-hybridized carbons (Fsp3) is 0.333. The highest BCUT2D eigenvalue weighted by Gasteiger charge is 2.11. The zero-order chi connectivity index (χ0) is 12.6. The fourth-order valence-electron chi connectivity index (χ4n) is 2.46. The van der Waals surface area contributed by atoms with Crippen LogP contribution in [0.1, 0.15) is 43.2 Å². The van der Waals surface area contributed by atoms with Gasteiger partial charge in [0.25, 0.3) is 0 Å². The minimum absolute atomic E-state index is 0.661. The van der Waals surface area contributed by atoms with Gasteiger partial charge in [0.05, 0.1) is 0 Å². The van der Waals surface area contributed by atoms with Crippen molar-refractivity contribution in [3.63, 3.8) is 0 Å². The monoisotopic (exact) mass is 238 g/mol. The molecular formula is C18H22. The molecule has 0 aliphatic heterocycles. The molecule has 0 nitrogen and oxygen atoms in total. The highest BCUT2D eigenvalue weighted by atomic mass is 14.2. The van der Waals surface area contributed by atoms with Gasteiger partial charge in [-0.25, -0.2) is 0 Å². The third kappa shape index (κ3) is 3.73. The Hall–Kier alpha value is -1.56. The second-order valence-electron chi connectivity index (χ2n) is 4.94. The molecule has 0 fully saturated rings. The number of rotatable bonds is 6. The van der Waals surface area contributed by atoms with Crippen LogP contribution in [0.15, 0.2) is 60.7 Å². The topological polar surface area (TPSA) is 0 Å². The van der Waals surface area contributed by atoms with Crippen LogP contribution in [-0.4, -0.2) is 0 Å². The van der Waals surface area contributed by atoms with Crippen molar-refractivity contribution >= 4 is 0 Å². The lowest BCUT2D eigenvalue weighted by Gasteiger charge is -2.17. The molecule has 1 atom stereocenters. The Kier molecular flexibility index (Phi) is 5.01. The van der Waals surface area contributed by atoms with Gasteiger partial charge < -0.3 is 0 Å². The average Bonchev–Trinajstić information content (AvgIpc) is 2.45. The summed E-state index contributed by atoms with van der Waals surface area (Å²) < 4.78 is 0. The Morgan fingerprint density at radius 1 is 0.833 bits per heavy atom. The summed E-state index contributed by atoms with van der Waals surface area (Å²) in [7, 11) is 0. The van der Waals surface area contributed by atoms with Gasteiger partial charge in [0, 0.05) is 0 Å². The first-order chi connectivity index (χ1) is 8.90. The molecule has 0 aliphatic carbocycles. The molecule has 0 heteroatoms. The summed E-state index contributed by atoms with van der Waals surface area (Å²) in [6.07, 6.45) is 5.03. The number of hydrogen-bond donors (Lipinski definition) is 0. The number of hydrogen-bond acceptors (Lipinski definition) is 0. The van der Waals surface area contributed by atoms with E-state index in [2.05, 4.69) is 67.6 Å².